The zero-order valence-corrected chi connectivity index (χ0v) is 15.5. The van der Waals surface area contributed by atoms with Crippen molar-refractivity contribution in [2.45, 2.75) is 5.92 Å². The molecular weight excluding hydrogens is 372 g/mol. The Morgan fingerprint density at radius 2 is 1.69 bits per heavy atom. The summed E-state index contributed by atoms with van der Waals surface area (Å²) >= 11 is 0. The molecule has 2 amide bonds. The number of nitrogens with two attached hydrogens (primary N) is 1. The number of carbonyl (C=O) groups is 3. The normalized spacial score (nSPS) is 18.8. The van der Waals surface area contributed by atoms with E-state index in [9.17, 15) is 19.6 Å². The first kappa shape index (κ1) is 19.6. The predicted octanol–water partition coefficient (Wildman–Crippen LogP) is 1.44. The van der Waals surface area contributed by atoms with Crippen molar-refractivity contribution < 1.29 is 19.1 Å². The van der Waals surface area contributed by atoms with Gasteiger partial charge in [-0.05, 0) is 17.7 Å². The molecule has 0 radical (unpaired) electrons. The van der Waals surface area contributed by atoms with E-state index >= 15 is 0 Å². The molecule has 0 spiro atoms. The number of rotatable bonds is 4. The van der Waals surface area contributed by atoms with Crippen LogP contribution in [0, 0.1) is 17.2 Å². The van der Waals surface area contributed by atoms with Crippen LogP contribution in [-0.2, 0) is 14.3 Å². The van der Waals surface area contributed by atoms with Crippen molar-refractivity contribution in [3.05, 3.63) is 83.2 Å². The highest BCUT2D eigenvalue weighted by Crippen LogP contribution is 2.38. The fourth-order valence-corrected chi connectivity index (χ4v) is 3.21. The zero-order chi connectivity index (χ0) is 21.0. The number of nitrogens with zero attached hydrogens (tertiary/aromatic N) is 2. The molecule has 0 fully saturated rings. The van der Waals surface area contributed by atoms with Crippen molar-refractivity contribution in [3.8, 4) is 6.07 Å². The molecule has 0 saturated heterocycles. The van der Waals surface area contributed by atoms with E-state index < -0.39 is 29.6 Å². The summed E-state index contributed by atoms with van der Waals surface area (Å²) in [4.78, 5) is 38.0. The summed E-state index contributed by atoms with van der Waals surface area (Å²) in [7, 11) is 1.18. The molecule has 8 nitrogen and oxygen atoms in total. The summed E-state index contributed by atoms with van der Waals surface area (Å²) in [5.41, 5.74) is 9.28. The number of ether oxygens (including phenoxy) is 1. The molecule has 2 aromatic rings. The summed E-state index contributed by atoms with van der Waals surface area (Å²) in [5, 5.41) is 10.4. The molecule has 0 saturated carbocycles. The van der Waals surface area contributed by atoms with E-state index in [1.807, 2.05) is 6.07 Å². The first-order valence-electron chi connectivity index (χ1n) is 8.72. The van der Waals surface area contributed by atoms with E-state index in [2.05, 4.69) is 5.43 Å². The van der Waals surface area contributed by atoms with E-state index in [1.165, 1.54) is 7.11 Å². The first-order chi connectivity index (χ1) is 14.0. The third-order valence-electron chi connectivity index (χ3n) is 4.60. The van der Waals surface area contributed by atoms with Crippen LogP contribution in [0.1, 0.15) is 21.8 Å². The maximum absolute atomic E-state index is 13.0. The van der Waals surface area contributed by atoms with E-state index in [1.54, 1.807) is 60.7 Å². The quantitative estimate of drug-likeness (QED) is 0.761. The molecule has 2 unspecified atom stereocenters. The summed E-state index contributed by atoms with van der Waals surface area (Å²) in [6.07, 6.45) is 0. The number of amides is 2. The Morgan fingerprint density at radius 1 is 1.10 bits per heavy atom. The van der Waals surface area contributed by atoms with Crippen LogP contribution >= 0.6 is 0 Å². The highest BCUT2D eigenvalue weighted by Gasteiger charge is 2.46. The van der Waals surface area contributed by atoms with Gasteiger partial charge in [-0.15, -0.1) is 0 Å². The van der Waals surface area contributed by atoms with Crippen LogP contribution in [0.25, 0.3) is 0 Å². The van der Waals surface area contributed by atoms with Gasteiger partial charge in [-0.1, -0.05) is 48.5 Å². The average Bonchev–Trinajstić information content (AvgIpc) is 2.76. The van der Waals surface area contributed by atoms with Gasteiger partial charge in [-0.3, -0.25) is 15.0 Å². The highest BCUT2D eigenvalue weighted by atomic mass is 16.5. The number of esters is 1. The number of nitrogens with one attached hydrogen (secondary N) is 1. The van der Waals surface area contributed by atoms with Gasteiger partial charge < -0.3 is 10.5 Å². The average molecular weight is 390 g/mol. The standard InChI is InChI=1S/C21H18N4O4/c1-29-21(28)17-16(13-8-4-2-5-9-13)15(12-22)20(27)25(18(17)23)24-19(26)14-10-6-3-7-11-14/h2-11,15-16H,23H2,1H3,(H,24,26). The minimum Gasteiger partial charge on any atom is -0.466 e. The second-order valence-electron chi connectivity index (χ2n) is 6.27. The van der Waals surface area contributed by atoms with Crippen molar-refractivity contribution >= 4 is 17.8 Å². The lowest BCUT2D eigenvalue weighted by atomic mass is 9.78. The van der Waals surface area contributed by atoms with Gasteiger partial charge >= 0.3 is 5.97 Å². The lowest BCUT2D eigenvalue weighted by Gasteiger charge is -2.36. The number of hydrazine groups is 1. The Bertz CT molecular complexity index is 1010. The first-order valence-corrected chi connectivity index (χ1v) is 8.72. The Kier molecular flexibility index (Phi) is 5.60. The Morgan fingerprint density at radius 3 is 2.24 bits per heavy atom. The molecular formula is C21H18N4O4. The van der Waals surface area contributed by atoms with Crippen LogP contribution in [0.15, 0.2) is 72.1 Å². The van der Waals surface area contributed by atoms with Crippen LogP contribution in [0.2, 0.25) is 0 Å². The van der Waals surface area contributed by atoms with Gasteiger partial charge in [0.1, 0.15) is 11.7 Å². The van der Waals surface area contributed by atoms with E-state index in [0.29, 0.717) is 5.56 Å². The van der Waals surface area contributed by atoms with E-state index in [4.69, 9.17) is 10.5 Å². The SMILES string of the molecule is COC(=O)C1=C(N)N(NC(=O)c2ccccc2)C(=O)C(C#N)C1c1ccccc1. The lowest BCUT2D eigenvalue weighted by Crippen LogP contribution is -2.55. The van der Waals surface area contributed by atoms with Gasteiger partial charge in [0.2, 0.25) is 0 Å². The molecule has 1 aliphatic rings. The second kappa shape index (κ2) is 8.27. The van der Waals surface area contributed by atoms with Gasteiger partial charge in [0, 0.05) is 11.5 Å². The van der Waals surface area contributed by atoms with Crippen LogP contribution in [0.5, 0.6) is 0 Å². The van der Waals surface area contributed by atoms with Gasteiger partial charge in [-0.2, -0.15) is 5.26 Å². The van der Waals surface area contributed by atoms with Crippen LogP contribution in [-0.4, -0.2) is 29.9 Å². The molecule has 29 heavy (non-hydrogen) atoms. The van der Waals surface area contributed by atoms with Crippen LogP contribution < -0.4 is 11.2 Å². The van der Waals surface area contributed by atoms with Crippen molar-refractivity contribution in [2.24, 2.45) is 11.7 Å². The van der Waals surface area contributed by atoms with Crippen molar-refractivity contribution in [3.63, 3.8) is 0 Å². The molecule has 1 aliphatic heterocycles. The number of hydrogen-bond acceptors (Lipinski definition) is 6. The fraction of sp³-hybridized carbons (Fsp3) is 0.143. The fourth-order valence-electron chi connectivity index (χ4n) is 3.21. The number of benzene rings is 2. The smallest absolute Gasteiger partial charge is 0.338 e. The molecule has 1 heterocycles. The van der Waals surface area contributed by atoms with Crippen molar-refractivity contribution in [1.82, 2.24) is 10.4 Å². The van der Waals surface area contributed by atoms with E-state index in [0.717, 1.165) is 5.01 Å². The number of nitriles is 1. The predicted molar refractivity (Wildman–Crippen MR) is 102 cm³/mol. The third kappa shape index (κ3) is 3.66. The molecule has 0 aromatic heterocycles. The molecule has 146 valence electrons. The number of methoxy groups -OCH3 is 1. The minimum absolute atomic E-state index is 0.0711. The van der Waals surface area contributed by atoms with Gasteiger partial charge in [-0.25, -0.2) is 9.80 Å². The van der Waals surface area contributed by atoms with Gasteiger partial charge in [0.15, 0.2) is 0 Å². The summed E-state index contributed by atoms with van der Waals surface area (Å²) in [6.45, 7) is 0. The van der Waals surface area contributed by atoms with Crippen LogP contribution in [0.4, 0.5) is 0 Å². The molecule has 0 bridgehead atoms. The molecule has 2 aromatic carbocycles. The maximum atomic E-state index is 13.0. The Labute approximate surface area is 167 Å². The maximum Gasteiger partial charge on any atom is 0.338 e. The van der Waals surface area contributed by atoms with Crippen molar-refractivity contribution in [1.29, 1.82) is 5.26 Å². The number of hydrogen-bond donors (Lipinski definition) is 2. The monoisotopic (exact) mass is 390 g/mol. The molecule has 0 aliphatic carbocycles. The summed E-state index contributed by atoms with van der Waals surface area (Å²) in [6, 6.07) is 18.7. The topological polar surface area (TPSA) is 126 Å². The molecule has 2 atom stereocenters. The Balaban J connectivity index is 2.09. The molecule has 3 N–H and O–H groups in total. The Hall–Kier alpha value is -4.12. The van der Waals surface area contributed by atoms with E-state index in [-0.39, 0.29) is 17.0 Å². The van der Waals surface area contributed by atoms with Gasteiger partial charge in [0.25, 0.3) is 11.8 Å². The number of carbonyl (C=O) groups excluding carboxylic acids is 3. The lowest BCUT2D eigenvalue weighted by molar-refractivity contribution is -0.139. The largest absolute Gasteiger partial charge is 0.466 e. The second-order valence-corrected chi connectivity index (χ2v) is 6.27. The summed E-state index contributed by atoms with van der Waals surface area (Å²) < 4.78 is 4.84. The molecule has 8 heteroatoms. The minimum atomic E-state index is -1.28. The highest BCUT2D eigenvalue weighted by molar-refractivity contribution is 6.00. The zero-order valence-electron chi connectivity index (χ0n) is 15.5. The van der Waals surface area contributed by atoms with Crippen molar-refractivity contribution in [2.75, 3.05) is 7.11 Å². The van der Waals surface area contributed by atoms with Gasteiger partial charge in [0.05, 0.1) is 18.8 Å². The molecule has 3 rings (SSSR count). The van der Waals surface area contributed by atoms with Crippen LogP contribution in [0.3, 0.4) is 0 Å². The third-order valence-corrected chi connectivity index (χ3v) is 4.60. The summed E-state index contributed by atoms with van der Waals surface area (Å²) in [5.74, 6) is -4.63.